The van der Waals surface area contributed by atoms with E-state index in [1.807, 2.05) is 91.7 Å². The van der Waals surface area contributed by atoms with Crippen LogP contribution in [0.4, 0.5) is 17.1 Å². The Kier molecular flexibility index (Phi) is 6.88. The molecular weight excluding hydrogens is 618 g/mol. The van der Waals surface area contributed by atoms with Gasteiger partial charge in [0.1, 0.15) is 19.8 Å². The predicted octanol–water partition coefficient (Wildman–Crippen LogP) is 5.09. The molecule has 4 aromatic rings. The van der Waals surface area contributed by atoms with Gasteiger partial charge < -0.3 is 4.90 Å². The quantitative estimate of drug-likeness (QED) is 0.339. The van der Waals surface area contributed by atoms with Gasteiger partial charge in [-0.05, 0) is 55.5 Å². The zero-order valence-corrected chi connectivity index (χ0v) is 24.8. The van der Waals surface area contributed by atoms with Crippen molar-refractivity contribution in [1.29, 1.82) is 0 Å². The zero-order chi connectivity index (χ0) is 27.3. The maximum absolute atomic E-state index is 14.0. The number of aromatic nitrogens is 1. The van der Waals surface area contributed by atoms with E-state index in [-0.39, 0.29) is 11.5 Å². The Morgan fingerprint density at radius 1 is 1.03 bits per heavy atom. The molecule has 1 saturated heterocycles. The molecule has 2 aliphatic heterocycles. The highest BCUT2D eigenvalue weighted by molar-refractivity contribution is 9.10. The number of amides is 1. The number of carbonyl (C=O) groups excluding carboxylic acids is 1. The first-order chi connectivity index (χ1) is 18.9. The first-order valence-corrected chi connectivity index (χ1v) is 14.9. The van der Waals surface area contributed by atoms with E-state index < -0.39 is 0 Å². The summed E-state index contributed by atoms with van der Waals surface area (Å²) in [5, 5.41) is 2.91. The third kappa shape index (κ3) is 4.61. The smallest absolute Gasteiger partial charge is 0.283 e. The van der Waals surface area contributed by atoms with Crippen LogP contribution in [-0.4, -0.2) is 23.4 Å². The van der Waals surface area contributed by atoms with Gasteiger partial charge in [0, 0.05) is 28.0 Å². The Morgan fingerprint density at radius 3 is 2.56 bits per heavy atom. The first kappa shape index (κ1) is 25.9. The molecule has 11 heteroatoms. The van der Waals surface area contributed by atoms with Gasteiger partial charge in [0.2, 0.25) is 0 Å². The molecule has 0 unspecified atom stereocenters. The molecule has 0 radical (unpaired) electrons. The molecule has 0 spiro atoms. The number of hydrogen-bond donors (Lipinski definition) is 1. The van der Waals surface area contributed by atoms with Crippen molar-refractivity contribution in [3.8, 4) is 0 Å². The molecule has 1 aromatic heterocycles. The molecule has 39 heavy (non-hydrogen) atoms. The van der Waals surface area contributed by atoms with E-state index in [0.717, 1.165) is 20.1 Å². The van der Waals surface area contributed by atoms with Gasteiger partial charge in [0.15, 0.2) is 5.84 Å². The third-order valence-corrected chi connectivity index (χ3v) is 9.62. The van der Waals surface area contributed by atoms with E-state index in [1.54, 1.807) is 4.57 Å². The summed E-state index contributed by atoms with van der Waals surface area (Å²) < 4.78 is 3.64. The van der Waals surface area contributed by atoms with Crippen molar-refractivity contribution in [3.05, 3.63) is 102 Å². The maximum Gasteiger partial charge on any atom is 0.283 e. The molecule has 0 aliphatic carbocycles. The highest BCUT2D eigenvalue weighted by Crippen LogP contribution is 2.46. The first-order valence-electron chi connectivity index (χ1n) is 12.1. The second kappa shape index (κ2) is 10.3. The Morgan fingerprint density at radius 2 is 1.82 bits per heavy atom. The van der Waals surface area contributed by atoms with Gasteiger partial charge in [0.05, 0.1) is 17.1 Å². The van der Waals surface area contributed by atoms with Crippen LogP contribution in [0.15, 0.2) is 92.0 Å². The summed E-state index contributed by atoms with van der Waals surface area (Å²) in [5.41, 5.74) is 5.68. The Labute approximate surface area is 245 Å². The predicted molar refractivity (Wildman–Crippen MR) is 164 cm³/mol. The van der Waals surface area contributed by atoms with Crippen LogP contribution in [0.2, 0.25) is 5.02 Å². The summed E-state index contributed by atoms with van der Waals surface area (Å²) in [4.78, 5) is 35.5. The standard InChI is InChI=1S/C28H21BrClN5O2S2/c1-3-34-26(37)23(28-33(2)20-15-17(30)12-13-21(20)38-28)39-27(34)22-24(31-18-9-7-8-16(29)14-18)32-35(25(22)36)19-10-5-4-6-11-19/h4-15H,3H2,1-2H3,(H,31,32). The molecule has 0 atom stereocenters. The summed E-state index contributed by atoms with van der Waals surface area (Å²) in [5.74, 6) is 0.0990. The fraction of sp³-hybridized carbons (Fsp3) is 0.107. The highest BCUT2D eigenvalue weighted by atomic mass is 79.9. The van der Waals surface area contributed by atoms with Gasteiger partial charge in [-0.1, -0.05) is 63.6 Å². The number of anilines is 2. The maximum atomic E-state index is 14.0. The number of para-hydroxylation sites is 1. The normalized spacial score (nSPS) is 18.7. The number of nitrogens with zero attached hydrogens (tertiary/aromatic N) is 4. The lowest BCUT2D eigenvalue weighted by atomic mass is 10.2. The molecule has 0 saturated carbocycles. The van der Waals surface area contributed by atoms with E-state index in [2.05, 4.69) is 21.4 Å². The van der Waals surface area contributed by atoms with E-state index in [4.69, 9.17) is 16.6 Å². The average Bonchev–Trinajstić information content (AvgIpc) is 3.54. The second-order valence-electron chi connectivity index (χ2n) is 8.77. The van der Waals surface area contributed by atoms with E-state index in [1.165, 1.54) is 28.1 Å². The number of thiazole rings is 1. The average molecular weight is 639 g/mol. The van der Waals surface area contributed by atoms with Gasteiger partial charge >= 0.3 is 0 Å². The van der Waals surface area contributed by atoms with Crippen molar-refractivity contribution in [1.82, 2.24) is 9.99 Å². The van der Waals surface area contributed by atoms with Crippen LogP contribution in [0.25, 0.3) is 10.6 Å². The molecule has 3 heterocycles. The Balaban J connectivity index is 1.61. The van der Waals surface area contributed by atoms with Gasteiger partial charge in [0.25, 0.3) is 11.5 Å². The van der Waals surface area contributed by atoms with E-state index in [0.29, 0.717) is 43.5 Å². The fourth-order valence-corrected chi connectivity index (χ4v) is 7.56. The lowest BCUT2D eigenvalue weighted by Gasteiger charge is -2.14. The van der Waals surface area contributed by atoms with Crippen molar-refractivity contribution < 1.29 is 4.79 Å². The van der Waals surface area contributed by atoms with E-state index in [9.17, 15) is 9.59 Å². The summed E-state index contributed by atoms with van der Waals surface area (Å²) in [6.07, 6.45) is 0. The van der Waals surface area contributed by atoms with Crippen molar-refractivity contribution in [2.24, 2.45) is 4.99 Å². The van der Waals surface area contributed by atoms with Gasteiger partial charge in [-0.3, -0.25) is 19.6 Å². The molecule has 0 bridgehead atoms. The van der Waals surface area contributed by atoms with Crippen molar-refractivity contribution in [2.45, 2.75) is 18.4 Å². The van der Waals surface area contributed by atoms with Gasteiger partial charge in [-0.25, -0.2) is 10.0 Å². The van der Waals surface area contributed by atoms with Crippen molar-refractivity contribution in [2.75, 3.05) is 17.0 Å². The molecular formula is C28H21BrClN5O2S2. The number of hydrogen-bond acceptors (Lipinski definition) is 6. The topological polar surface area (TPSA) is 69.9 Å². The summed E-state index contributed by atoms with van der Waals surface area (Å²) in [7, 11) is 1.92. The summed E-state index contributed by atoms with van der Waals surface area (Å²) in [6, 6.07) is 22.5. The van der Waals surface area contributed by atoms with Crippen molar-refractivity contribution >= 4 is 90.0 Å². The largest absolute Gasteiger partial charge is 0.337 e. The zero-order valence-electron chi connectivity index (χ0n) is 20.8. The van der Waals surface area contributed by atoms with Gasteiger partial charge in [-0.2, -0.15) is 0 Å². The van der Waals surface area contributed by atoms with E-state index >= 15 is 0 Å². The molecule has 3 aromatic carbocycles. The van der Waals surface area contributed by atoms with Gasteiger partial charge in [-0.15, -0.1) is 11.3 Å². The number of hydrazine groups is 1. The van der Waals surface area contributed by atoms with Crippen LogP contribution >= 0.6 is 50.6 Å². The third-order valence-electron chi connectivity index (χ3n) is 6.34. The Hall–Kier alpha value is -3.31. The lowest BCUT2D eigenvalue weighted by Crippen LogP contribution is -2.35. The summed E-state index contributed by atoms with van der Waals surface area (Å²) >= 11 is 12.6. The van der Waals surface area contributed by atoms with Crippen LogP contribution in [0, 0.1) is 0 Å². The van der Waals surface area contributed by atoms with Crippen molar-refractivity contribution in [3.63, 3.8) is 0 Å². The number of rotatable bonds is 3. The van der Waals surface area contributed by atoms with Crippen LogP contribution in [0.3, 0.4) is 0 Å². The number of halogens is 2. The molecule has 6 rings (SSSR count). The number of amidine groups is 1. The fourth-order valence-electron chi connectivity index (χ4n) is 4.47. The second-order valence-corrected chi connectivity index (χ2v) is 12.1. The van der Waals surface area contributed by atoms with Crippen LogP contribution < -0.4 is 30.1 Å². The minimum Gasteiger partial charge on any atom is -0.337 e. The SMILES string of the molecule is CCn1c(=C2C(=O)N(c3ccccc3)NC2=Nc2cccc(Br)c2)sc(=C2Sc3ccc(Cl)cc3N2C)c1=O. The number of benzene rings is 3. The summed E-state index contributed by atoms with van der Waals surface area (Å²) in [6.45, 7) is 2.30. The molecule has 196 valence electrons. The number of aliphatic imine (C=N–C) groups is 1. The molecule has 2 aliphatic rings. The van der Waals surface area contributed by atoms with Crippen LogP contribution in [0.1, 0.15) is 6.92 Å². The van der Waals surface area contributed by atoms with Crippen LogP contribution in [-0.2, 0) is 11.3 Å². The Bertz CT molecular complexity index is 1850. The van der Waals surface area contributed by atoms with Crippen LogP contribution in [0.5, 0.6) is 0 Å². The minimum atomic E-state index is -0.280. The number of fused-ring (bicyclic) bond motifs is 1. The molecule has 1 fully saturated rings. The number of nitrogens with one attached hydrogen (secondary N) is 1. The number of thioether (sulfide) groups is 1. The monoisotopic (exact) mass is 637 g/mol. The highest BCUT2D eigenvalue weighted by Gasteiger charge is 2.36. The minimum absolute atomic E-state index is 0.147. The molecule has 1 amide bonds. The number of carbonyl (C=O) groups is 1. The lowest BCUT2D eigenvalue weighted by molar-refractivity contribution is -0.113. The molecule has 7 nitrogen and oxygen atoms in total. The molecule has 1 N–H and O–H groups in total.